The third-order valence-electron chi connectivity index (χ3n) is 3.35. The van der Waals surface area contributed by atoms with E-state index in [-0.39, 0.29) is 5.78 Å². The van der Waals surface area contributed by atoms with E-state index < -0.39 is 0 Å². The van der Waals surface area contributed by atoms with Crippen molar-refractivity contribution in [2.24, 2.45) is 5.92 Å². The molecule has 1 aliphatic rings. The number of carbonyl (C=O) groups excluding carboxylic acids is 1. The van der Waals surface area contributed by atoms with Gasteiger partial charge in [-0.25, -0.2) is 0 Å². The first-order valence-corrected chi connectivity index (χ1v) is 6.09. The number of Topliss-reactive ketones (excluding diaryl/α,β-unsaturated/α-hetero) is 1. The summed E-state index contributed by atoms with van der Waals surface area (Å²) in [7, 11) is 1.65. The minimum Gasteiger partial charge on any atom is -0.496 e. The van der Waals surface area contributed by atoms with E-state index >= 15 is 0 Å². The van der Waals surface area contributed by atoms with Crippen LogP contribution in [0.1, 0.15) is 28.8 Å². The van der Waals surface area contributed by atoms with Crippen molar-refractivity contribution >= 4 is 5.78 Å². The third kappa shape index (κ3) is 2.86. The first-order valence-electron chi connectivity index (χ1n) is 6.09. The van der Waals surface area contributed by atoms with Crippen LogP contribution in [-0.2, 0) is 0 Å². The smallest absolute Gasteiger partial charge is 0.163 e. The summed E-state index contributed by atoms with van der Waals surface area (Å²) in [6.45, 7) is 3.98. The van der Waals surface area contributed by atoms with Gasteiger partial charge in [0, 0.05) is 12.0 Å². The minimum atomic E-state index is 0.240. The van der Waals surface area contributed by atoms with Crippen LogP contribution < -0.4 is 10.1 Å². The second-order valence-corrected chi connectivity index (χ2v) is 4.67. The number of aryl methyl sites for hydroxylation is 1. The fourth-order valence-electron chi connectivity index (χ4n) is 2.32. The maximum absolute atomic E-state index is 12.1. The van der Waals surface area contributed by atoms with Crippen LogP contribution in [0.2, 0.25) is 0 Å². The molecule has 0 aliphatic carbocycles. The number of ketones is 1. The monoisotopic (exact) mass is 233 g/mol. The Morgan fingerprint density at radius 2 is 2.35 bits per heavy atom. The molecule has 0 amide bonds. The quantitative estimate of drug-likeness (QED) is 0.810. The first-order chi connectivity index (χ1) is 8.20. The fraction of sp³-hybridized carbons (Fsp3) is 0.500. The van der Waals surface area contributed by atoms with Crippen molar-refractivity contribution in [3.05, 3.63) is 29.3 Å². The number of carbonyl (C=O) groups is 1. The lowest BCUT2D eigenvalue weighted by Crippen LogP contribution is -2.13. The molecule has 2 rings (SSSR count). The van der Waals surface area contributed by atoms with Gasteiger partial charge in [0.1, 0.15) is 5.75 Å². The minimum absolute atomic E-state index is 0.240. The Morgan fingerprint density at radius 3 is 2.94 bits per heavy atom. The lowest BCUT2D eigenvalue weighted by atomic mass is 9.96. The Kier molecular flexibility index (Phi) is 3.79. The number of benzene rings is 1. The summed E-state index contributed by atoms with van der Waals surface area (Å²) in [6, 6.07) is 5.65. The largest absolute Gasteiger partial charge is 0.496 e. The molecule has 0 radical (unpaired) electrons. The van der Waals surface area contributed by atoms with Crippen molar-refractivity contribution in [2.45, 2.75) is 19.8 Å². The number of hydrogen-bond acceptors (Lipinski definition) is 3. The van der Waals surface area contributed by atoms with E-state index in [4.69, 9.17) is 4.74 Å². The van der Waals surface area contributed by atoms with Gasteiger partial charge in [0.25, 0.3) is 0 Å². The van der Waals surface area contributed by atoms with Gasteiger partial charge >= 0.3 is 0 Å². The van der Waals surface area contributed by atoms with Crippen molar-refractivity contribution in [1.29, 1.82) is 0 Å². The Bertz CT molecular complexity index is 409. The fourth-order valence-corrected chi connectivity index (χ4v) is 2.32. The summed E-state index contributed by atoms with van der Waals surface area (Å²) in [4.78, 5) is 12.1. The maximum atomic E-state index is 12.1. The lowest BCUT2D eigenvalue weighted by molar-refractivity contribution is 0.0964. The molecule has 0 spiro atoms. The van der Waals surface area contributed by atoms with Crippen molar-refractivity contribution in [3.63, 3.8) is 0 Å². The van der Waals surface area contributed by atoms with Crippen LogP contribution in [0.25, 0.3) is 0 Å². The van der Waals surface area contributed by atoms with Crippen LogP contribution in [-0.4, -0.2) is 26.0 Å². The highest BCUT2D eigenvalue weighted by atomic mass is 16.5. The van der Waals surface area contributed by atoms with Crippen LogP contribution in [0.5, 0.6) is 5.75 Å². The van der Waals surface area contributed by atoms with E-state index in [2.05, 4.69) is 5.32 Å². The van der Waals surface area contributed by atoms with Crippen LogP contribution in [0.4, 0.5) is 0 Å². The zero-order valence-electron chi connectivity index (χ0n) is 10.5. The predicted molar refractivity (Wildman–Crippen MR) is 67.7 cm³/mol. The molecule has 0 bridgehead atoms. The molecule has 1 fully saturated rings. The van der Waals surface area contributed by atoms with E-state index in [0.717, 1.165) is 36.4 Å². The number of rotatable bonds is 4. The van der Waals surface area contributed by atoms with Gasteiger partial charge < -0.3 is 10.1 Å². The average molecular weight is 233 g/mol. The Hall–Kier alpha value is -1.35. The van der Waals surface area contributed by atoms with E-state index in [1.165, 1.54) is 0 Å². The predicted octanol–water partition coefficient (Wildman–Crippen LogP) is 2.19. The molecule has 1 atom stereocenters. The number of hydrogen-bond donors (Lipinski definition) is 1. The van der Waals surface area contributed by atoms with Gasteiger partial charge in [0.15, 0.2) is 5.78 Å². The summed E-state index contributed by atoms with van der Waals surface area (Å²) >= 11 is 0. The van der Waals surface area contributed by atoms with Crippen molar-refractivity contribution in [2.75, 3.05) is 20.2 Å². The van der Waals surface area contributed by atoms with Gasteiger partial charge in [-0.1, -0.05) is 0 Å². The van der Waals surface area contributed by atoms with Gasteiger partial charge in [-0.15, -0.1) is 0 Å². The third-order valence-corrected chi connectivity index (χ3v) is 3.35. The molecular weight excluding hydrogens is 214 g/mol. The Labute approximate surface area is 102 Å². The molecule has 0 aromatic heterocycles. The van der Waals surface area contributed by atoms with E-state index in [9.17, 15) is 4.79 Å². The van der Waals surface area contributed by atoms with Crippen LogP contribution >= 0.6 is 0 Å². The summed E-state index contributed by atoms with van der Waals surface area (Å²) in [5.41, 5.74) is 1.82. The van der Waals surface area contributed by atoms with Crippen LogP contribution in [0.15, 0.2) is 18.2 Å². The molecule has 92 valence electrons. The van der Waals surface area contributed by atoms with Crippen molar-refractivity contribution in [1.82, 2.24) is 5.32 Å². The maximum Gasteiger partial charge on any atom is 0.163 e. The molecule has 1 aromatic carbocycles. The highest BCUT2D eigenvalue weighted by Crippen LogP contribution is 2.21. The van der Waals surface area contributed by atoms with E-state index in [0.29, 0.717) is 12.3 Å². The van der Waals surface area contributed by atoms with Gasteiger partial charge in [-0.05, 0) is 56.1 Å². The van der Waals surface area contributed by atoms with Gasteiger partial charge in [-0.3, -0.25) is 4.79 Å². The van der Waals surface area contributed by atoms with Gasteiger partial charge in [0.05, 0.1) is 7.11 Å². The number of nitrogens with one attached hydrogen (secondary N) is 1. The normalized spacial score (nSPS) is 19.3. The van der Waals surface area contributed by atoms with Crippen molar-refractivity contribution in [3.8, 4) is 5.75 Å². The summed E-state index contributed by atoms with van der Waals surface area (Å²) in [6.07, 6.45) is 1.76. The standard InChI is InChI=1S/C14H19NO2/c1-10-7-12(3-4-14(10)17-2)13(16)8-11-5-6-15-9-11/h3-4,7,11,15H,5-6,8-9H2,1-2H3. The topological polar surface area (TPSA) is 38.3 Å². The summed E-state index contributed by atoms with van der Waals surface area (Å²) in [5.74, 6) is 1.58. The highest BCUT2D eigenvalue weighted by Gasteiger charge is 2.19. The first kappa shape index (κ1) is 12.1. The molecule has 1 saturated heterocycles. The molecule has 17 heavy (non-hydrogen) atoms. The van der Waals surface area contributed by atoms with Gasteiger partial charge in [-0.2, -0.15) is 0 Å². The van der Waals surface area contributed by atoms with Crippen LogP contribution in [0, 0.1) is 12.8 Å². The Balaban J connectivity index is 2.05. The SMILES string of the molecule is COc1ccc(C(=O)CC2CCNC2)cc1C. The van der Waals surface area contributed by atoms with Gasteiger partial charge in [0.2, 0.25) is 0 Å². The van der Waals surface area contributed by atoms with Crippen LogP contribution in [0.3, 0.4) is 0 Å². The molecule has 1 aliphatic heterocycles. The second kappa shape index (κ2) is 5.32. The molecule has 3 heteroatoms. The lowest BCUT2D eigenvalue weighted by Gasteiger charge is -2.09. The molecule has 1 aromatic rings. The summed E-state index contributed by atoms with van der Waals surface area (Å²) in [5, 5.41) is 3.29. The Morgan fingerprint density at radius 1 is 1.53 bits per heavy atom. The second-order valence-electron chi connectivity index (χ2n) is 4.67. The average Bonchev–Trinajstić information content (AvgIpc) is 2.81. The zero-order valence-corrected chi connectivity index (χ0v) is 10.5. The van der Waals surface area contributed by atoms with Crippen molar-refractivity contribution < 1.29 is 9.53 Å². The number of ether oxygens (including phenoxy) is 1. The molecule has 1 unspecified atom stereocenters. The molecule has 1 N–H and O–H groups in total. The number of methoxy groups -OCH3 is 1. The van der Waals surface area contributed by atoms with E-state index in [1.54, 1.807) is 7.11 Å². The van der Waals surface area contributed by atoms with E-state index in [1.807, 2.05) is 25.1 Å². The molecule has 0 saturated carbocycles. The highest BCUT2D eigenvalue weighted by molar-refractivity contribution is 5.96. The molecule has 1 heterocycles. The zero-order chi connectivity index (χ0) is 12.3. The molecular formula is C14H19NO2. The summed E-state index contributed by atoms with van der Waals surface area (Å²) < 4.78 is 5.19. The molecule has 3 nitrogen and oxygen atoms in total.